The lowest BCUT2D eigenvalue weighted by Gasteiger charge is -2.20. The predicted molar refractivity (Wildman–Crippen MR) is 68.9 cm³/mol. The van der Waals surface area contributed by atoms with Crippen LogP contribution >= 0.6 is 11.6 Å². The molecule has 0 amide bonds. The Morgan fingerprint density at radius 1 is 1.50 bits per heavy atom. The van der Waals surface area contributed by atoms with Crippen molar-refractivity contribution in [1.29, 1.82) is 0 Å². The van der Waals surface area contributed by atoms with Crippen molar-refractivity contribution >= 4 is 17.6 Å². The number of ether oxygens (including phenoxy) is 1. The van der Waals surface area contributed by atoms with E-state index in [1.165, 1.54) is 19.2 Å². The third-order valence-corrected chi connectivity index (χ3v) is 2.88. The molecule has 0 aliphatic rings. The molecule has 0 aliphatic carbocycles. The van der Waals surface area contributed by atoms with Crippen molar-refractivity contribution in [3.8, 4) is 0 Å². The average molecular weight is 274 g/mol. The molecule has 1 aromatic rings. The van der Waals surface area contributed by atoms with Gasteiger partial charge in [-0.2, -0.15) is 0 Å². The fourth-order valence-corrected chi connectivity index (χ4v) is 1.81. The van der Waals surface area contributed by atoms with Gasteiger partial charge in [-0.1, -0.05) is 25.4 Å². The van der Waals surface area contributed by atoms with Gasteiger partial charge >= 0.3 is 5.97 Å². The lowest BCUT2D eigenvalue weighted by atomic mass is 10.0. The summed E-state index contributed by atoms with van der Waals surface area (Å²) in [7, 11) is 1.33. The molecule has 1 aromatic carbocycles. The van der Waals surface area contributed by atoms with Gasteiger partial charge in [-0.25, -0.2) is 4.39 Å². The summed E-state index contributed by atoms with van der Waals surface area (Å²) >= 11 is 5.80. The van der Waals surface area contributed by atoms with Crippen LogP contribution in [0.25, 0.3) is 0 Å². The summed E-state index contributed by atoms with van der Waals surface area (Å²) in [6.07, 6.45) is 0. The minimum atomic E-state index is -0.464. The summed E-state index contributed by atoms with van der Waals surface area (Å²) in [4.78, 5) is 11.5. The number of rotatable bonds is 5. The Kier molecular flexibility index (Phi) is 5.56. The van der Waals surface area contributed by atoms with E-state index in [2.05, 4.69) is 5.32 Å². The number of hydrogen-bond acceptors (Lipinski definition) is 3. The van der Waals surface area contributed by atoms with Gasteiger partial charge in [0.2, 0.25) is 0 Å². The van der Waals surface area contributed by atoms with Crippen LogP contribution in [-0.4, -0.2) is 19.1 Å². The molecule has 1 N–H and O–H groups in total. The zero-order valence-corrected chi connectivity index (χ0v) is 11.4. The van der Waals surface area contributed by atoms with E-state index in [1.54, 1.807) is 6.07 Å². The third-order valence-electron chi connectivity index (χ3n) is 2.64. The van der Waals surface area contributed by atoms with Crippen LogP contribution in [0.15, 0.2) is 18.2 Å². The van der Waals surface area contributed by atoms with Gasteiger partial charge < -0.3 is 4.74 Å². The van der Waals surface area contributed by atoms with Crippen LogP contribution in [-0.2, 0) is 16.1 Å². The van der Waals surface area contributed by atoms with E-state index >= 15 is 0 Å². The van der Waals surface area contributed by atoms with Gasteiger partial charge in [-0.15, -0.1) is 0 Å². The van der Waals surface area contributed by atoms with Crippen molar-refractivity contribution < 1.29 is 13.9 Å². The van der Waals surface area contributed by atoms with Crippen molar-refractivity contribution in [3.05, 3.63) is 34.6 Å². The van der Waals surface area contributed by atoms with Gasteiger partial charge in [0.1, 0.15) is 11.9 Å². The molecule has 0 saturated carbocycles. The highest BCUT2D eigenvalue weighted by Gasteiger charge is 2.22. The second-order valence-corrected chi connectivity index (χ2v) is 4.80. The first-order valence-corrected chi connectivity index (χ1v) is 6.08. The van der Waals surface area contributed by atoms with Gasteiger partial charge in [0.15, 0.2) is 0 Å². The van der Waals surface area contributed by atoms with Crippen molar-refractivity contribution in [2.75, 3.05) is 7.11 Å². The number of nitrogens with one attached hydrogen (secondary N) is 1. The lowest BCUT2D eigenvalue weighted by molar-refractivity contribution is -0.144. The number of methoxy groups -OCH3 is 1. The molecule has 0 bridgehead atoms. The third kappa shape index (κ3) is 3.96. The molecular formula is C13H17ClFNO2. The SMILES string of the molecule is COC(=O)[C@@H](NCc1cc(Cl)ccc1F)C(C)C. The summed E-state index contributed by atoms with van der Waals surface area (Å²) in [5, 5.41) is 3.45. The molecule has 5 heteroatoms. The predicted octanol–water partition coefficient (Wildman–Crippen LogP) is 2.77. The van der Waals surface area contributed by atoms with Gasteiger partial charge in [-0.3, -0.25) is 10.1 Å². The Bertz CT molecular complexity index is 423. The fourth-order valence-electron chi connectivity index (χ4n) is 1.62. The Balaban J connectivity index is 2.73. The monoisotopic (exact) mass is 273 g/mol. The maximum atomic E-state index is 13.5. The number of esters is 1. The summed E-state index contributed by atoms with van der Waals surface area (Å²) in [5.41, 5.74) is 0.428. The van der Waals surface area contributed by atoms with E-state index in [0.717, 1.165) is 0 Å². The van der Waals surface area contributed by atoms with E-state index in [0.29, 0.717) is 10.6 Å². The Morgan fingerprint density at radius 3 is 2.72 bits per heavy atom. The maximum absolute atomic E-state index is 13.5. The highest BCUT2D eigenvalue weighted by Crippen LogP contribution is 2.15. The van der Waals surface area contributed by atoms with Crippen molar-refractivity contribution in [2.24, 2.45) is 5.92 Å². The first kappa shape index (κ1) is 14.9. The Morgan fingerprint density at radius 2 is 2.17 bits per heavy atom. The second-order valence-electron chi connectivity index (χ2n) is 4.36. The highest BCUT2D eigenvalue weighted by molar-refractivity contribution is 6.30. The molecule has 0 saturated heterocycles. The van der Waals surface area contributed by atoms with Gasteiger partial charge in [-0.05, 0) is 24.1 Å². The van der Waals surface area contributed by atoms with Crippen LogP contribution in [0.2, 0.25) is 5.02 Å². The average Bonchev–Trinajstić information content (AvgIpc) is 2.32. The maximum Gasteiger partial charge on any atom is 0.323 e. The zero-order valence-electron chi connectivity index (χ0n) is 10.7. The normalized spacial score (nSPS) is 12.6. The van der Waals surface area contributed by atoms with E-state index in [9.17, 15) is 9.18 Å². The second kappa shape index (κ2) is 6.71. The first-order valence-electron chi connectivity index (χ1n) is 5.70. The molecule has 1 atom stereocenters. The molecule has 0 fully saturated rings. The van der Waals surface area contributed by atoms with Gasteiger partial charge in [0.05, 0.1) is 7.11 Å². The molecule has 0 radical (unpaired) electrons. The fraction of sp³-hybridized carbons (Fsp3) is 0.462. The van der Waals surface area contributed by atoms with Gasteiger partial charge in [0, 0.05) is 17.1 Å². The minimum Gasteiger partial charge on any atom is -0.468 e. The molecule has 0 spiro atoms. The molecule has 3 nitrogen and oxygen atoms in total. The molecule has 0 aromatic heterocycles. The standard InChI is InChI=1S/C13H17ClFNO2/c1-8(2)12(13(17)18-3)16-7-9-6-10(14)4-5-11(9)15/h4-6,8,12,16H,7H2,1-3H3/t12-/m0/s1. The highest BCUT2D eigenvalue weighted by atomic mass is 35.5. The summed E-state index contributed by atoms with van der Waals surface area (Å²) < 4.78 is 18.2. The van der Waals surface area contributed by atoms with Crippen molar-refractivity contribution in [1.82, 2.24) is 5.32 Å². The van der Waals surface area contributed by atoms with E-state index in [4.69, 9.17) is 16.3 Å². The zero-order chi connectivity index (χ0) is 13.7. The summed E-state index contributed by atoms with van der Waals surface area (Å²) in [6.45, 7) is 4.01. The quantitative estimate of drug-likeness (QED) is 0.839. The molecule has 100 valence electrons. The van der Waals surface area contributed by atoms with Crippen molar-refractivity contribution in [3.63, 3.8) is 0 Å². The lowest BCUT2D eigenvalue weighted by Crippen LogP contribution is -2.41. The van der Waals surface area contributed by atoms with Crippen LogP contribution < -0.4 is 5.32 Å². The van der Waals surface area contributed by atoms with Crippen LogP contribution in [0.3, 0.4) is 0 Å². The van der Waals surface area contributed by atoms with Gasteiger partial charge in [0.25, 0.3) is 0 Å². The Labute approximate surface area is 111 Å². The summed E-state index contributed by atoms with van der Waals surface area (Å²) in [6, 6.07) is 3.87. The molecule has 1 rings (SSSR count). The number of carbonyl (C=O) groups is 1. The Hall–Kier alpha value is -1.13. The van der Waals surface area contributed by atoms with E-state index < -0.39 is 6.04 Å². The van der Waals surface area contributed by atoms with Crippen LogP contribution in [0, 0.1) is 11.7 Å². The number of halogens is 2. The largest absolute Gasteiger partial charge is 0.468 e. The molecule has 18 heavy (non-hydrogen) atoms. The van der Waals surface area contributed by atoms with Crippen LogP contribution in [0.4, 0.5) is 4.39 Å². The number of hydrogen-bond donors (Lipinski definition) is 1. The molecule has 0 heterocycles. The van der Waals surface area contributed by atoms with Crippen LogP contribution in [0.1, 0.15) is 19.4 Å². The van der Waals surface area contributed by atoms with E-state index in [1.807, 2.05) is 13.8 Å². The number of carbonyl (C=O) groups excluding carboxylic acids is 1. The smallest absolute Gasteiger partial charge is 0.323 e. The molecule has 0 aliphatic heterocycles. The van der Waals surface area contributed by atoms with E-state index in [-0.39, 0.29) is 24.2 Å². The minimum absolute atomic E-state index is 0.0553. The molecular weight excluding hydrogens is 257 g/mol. The summed E-state index contributed by atoms with van der Waals surface area (Å²) in [5.74, 6) is -0.647. The van der Waals surface area contributed by atoms with Crippen LogP contribution in [0.5, 0.6) is 0 Å². The topological polar surface area (TPSA) is 38.3 Å². The molecule has 0 unspecified atom stereocenters. The first-order chi connectivity index (χ1) is 8.45. The number of benzene rings is 1. The van der Waals surface area contributed by atoms with Crippen molar-refractivity contribution in [2.45, 2.75) is 26.4 Å².